The van der Waals surface area contributed by atoms with Crippen molar-refractivity contribution in [3.05, 3.63) is 85.0 Å². The van der Waals surface area contributed by atoms with E-state index in [1.54, 1.807) is 0 Å². The van der Waals surface area contributed by atoms with E-state index < -0.39 is 8.32 Å². The van der Waals surface area contributed by atoms with Gasteiger partial charge in [-0.15, -0.1) is 0 Å². The molecule has 33 heavy (non-hydrogen) atoms. The molecule has 1 aliphatic heterocycles. The molecule has 1 fully saturated rings. The average molecular weight is 463 g/mol. The second-order valence-electron chi connectivity index (χ2n) is 10.3. The van der Waals surface area contributed by atoms with Crippen LogP contribution in [-0.4, -0.2) is 27.0 Å². The Kier molecular flexibility index (Phi) is 8.50. The molecule has 0 bridgehead atoms. The summed E-state index contributed by atoms with van der Waals surface area (Å²) >= 11 is 0. The molecular weight excluding hydrogens is 424 g/mol. The quantitative estimate of drug-likeness (QED) is 0.274. The van der Waals surface area contributed by atoms with E-state index in [0.717, 1.165) is 0 Å². The van der Waals surface area contributed by atoms with Gasteiger partial charge < -0.3 is 9.16 Å². The minimum absolute atomic E-state index is 0.0940. The van der Waals surface area contributed by atoms with Crippen molar-refractivity contribution in [1.29, 1.82) is 0 Å². The standard InChI is InChI=1S/C29H38O3Si/c1-23(2)15-9-6-10-16-24-21-25(32-28(24)30)22-31-33(29(3,4)5,26-17-11-7-12-18-26)27-19-13-8-14-20-27/h6-15,17-20,23-25H,16,21-22H2,1-5H3/b10-6+,15-9+/t24-,25-/m0/s1. The van der Waals surface area contributed by atoms with Gasteiger partial charge in [0.25, 0.3) is 8.32 Å². The minimum Gasteiger partial charge on any atom is -0.460 e. The number of hydrogen-bond donors (Lipinski definition) is 0. The fourth-order valence-corrected chi connectivity index (χ4v) is 9.20. The molecule has 0 amide bonds. The first-order valence-corrected chi connectivity index (χ1v) is 13.9. The first-order chi connectivity index (χ1) is 15.7. The minimum atomic E-state index is -2.62. The number of hydrogen-bond acceptors (Lipinski definition) is 3. The fraction of sp³-hybridized carbons (Fsp3) is 0.414. The molecule has 3 rings (SSSR count). The van der Waals surface area contributed by atoms with Gasteiger partial charge in [-0.05, 0) is 27.8 Å². The molecule has 4 heteroatoms. The van der Waals surface area contributed by atoms with Crippen LogP contribution in [0.15, 0.2) is 85.0 Å². The second kappa shape index (κ2) is 11.1. The highest BCUT2D eigenvalue weighted by molar-refractivity contribution is 6.99. The maximum atomic E-state index is 12.5. The van der Waals surface area contributed by atoms with Crippen LogP contribution in [0.25, 0.3) is 0 Å². The number of rotatable bonds is 9. The summed E-state index contributed by atoms with van der Waals surface area (Å²) < 4.78 is 12.7. The smallest absolute Gasteiger partial charge is 0.309 e. The number of cyclic esters (lactones) is 1. The number of ether oxygens (including phenoxy) is 1. The van der Waals surface area contributed by atoms with Crippen molar-refractivity contribution in [3.8, 4) is 0 Å². The number of esters is 1. The van der Waals surface area contributed by atoms with Crippen LogP contribution >= 0.6 is 0 Å². The Bertz CT molecular complexity index is 902. The Morgan fingerprint density at radius 2 is 1.58 bits per heavy atom. The summed E-state index contributed by atoms with van der Waals surface area (Å²) in [7, 11) is -2.62. The zero-order chi connectivity index (χ0) is 23.9. The molecular formula is C29H38O3Si. The highest BCUT2D eigenvalue weighted by Gasteiger charge is 2.51. The average Bonchev–Trinajstić information content (AvgIpc) is 3.13. The SMILES string of the molecule is CC(C)/C=C/C=C/C[C@H]1C[C@@H](CO[Si](c2ccccc2)(c2ccccc2)C(C)(C)C)OC1=O. The topological polar surface area (TPSA) is 35.5 Å². The number of carbonyl (C=O) groups is 1. The van der Waals surface area contributed by atoms with E-state index in [-0.39, 0.29) is 23.0 Å². The van der Waals surface area contributed by atoms with Crippen LogP contribution in [0.2, 0.25) is 5.04 Å². The third-order valence-electron chi connectivity index (χ3n) is 6.23. The molecule has 0 radical (unpaired) electrons. The van der Waals surface area contributed by atoms with E-state index in [1.807, 2.05) is 18.2 Å². The first kappa shape index (κ1) is 25.2. The van der Waals surface area contributed by atoms with Gasteiger partial charge in [-0.25, -0.2) is 0 Å². The van der Waals surface area contributed by atoms with E-state index in [9.17, 15) is 4.79 Å². The molecule has 0 aliphatic carbocycles. The van der Waals surface area contributed by atoms with E-state index in [0.29, 0.717) is 25.4 Å². The molecule has 2 atom stereocenters. The lowest BCUT2D eigenvalue weighted by Crippen LogP contribution is -2.67. The van der Waals surface area contributed by atoms with Crippen LogP contribution in [-0.2, 0) is 14.0 Å². The van der Waals surface area contributed by atoms with Crippen molar-refractivity contribution < 1.29 is 14.0 Å². The molecule has 3 nitrogen and oxygen atoms in total. The van der Waals surface area contributed by atoms with Crippen molar-refractivity contribution in [2.45, 2.75) is 58.6 Å². The van der Waals surface area contributed by atoms with Crippen molar-refractivity contribution in [3.63, 3.8) is 0 Å². The van der Waals surface area contributed by atoms with Crippen LogP contribution in [0.4, 0.5) is 0 Å². The summed E-state index contributed by atoms with van der Waals surface area (Å²) in [5.74, 6) is 0.319. The summed E-state index contributed by atoms with van der Waals surface area (Å²) in [5, 5.41) is 2.39. The lowest BCUT2D eigenvalue weighted by atomic mass is 10.0. The van der Waals surface area contributed by atoms with Crippen LogP contribution in [0.3, 0.4) is 0 Å². The molecule has 0 unspecified atom stereocenters. The van der Waals surface area contributed by atoms with Gasteiger partial charge in [0, 0.05) is 6.42 Å². The lowest BCUT2D eigenvalue weighted by Gasteiger charge is -2.43. The number of carbonyl (C=O) groups excluding carboxylic acids is 1. The highest BCUT2D eigenvalue weighted by atomic mass is 28.4. The summed E-state index contributed by atoms with van der Waals surface area (Å²) in [6.45, 7) is 11.5. The predicted octanol–water partition coefficient (Wildman–Crippen LogP) is 5.65. The third kappa shape index (κ3) is 6.13. The normalized spacial score (nSPS) is 19.6. The van der Waals surface area contributed by atoms with Crippen LogP contribution in [0, 0.1) is 11.8 Å². The third-order valence-corrected chi connectivity index (χ3v) is 11.2. The van der Waals surface area contributed by atoms with Crippen molar-refractivity contribution in [2.24, 2.45) is 11.8 Å². The van der Waals surface area contributed by atoms with E-state index >= 15 is 0 Å². The first-order valence-electron chi connectivity index (χ1n) is 12.0. The summed E-state index contributed by atoms with van der Waals surface area (Å²) in [5.41, 5.74) is 0. The van der Waals surface area contributed by atoms with Gasteiger partial charge in [-0.3, -0.25) is 4.79 Å². The zero-order valence-electron chi connectivity index (χ0n) is 20.7. The van der Waals surface area contributed by atoms with E-state index in [1.165, 1.54) is 10.4 Å². The monoisotopic (exact) mass is 462 g/mol. The lowest BCUT2D eigenvalue weighted by molar-refractivity contribution is -0.145. The Morgan fingerprint density at radius 1 is 1.00 bits per heavy atom. The number of allylic oxidation sites excluding steroid dienone is 4. The Labute approximate surface area is 200 Å². The zero-order valence-corrected chi connectivity index (χ0v) is 21.7. The van der Waals surface area contributed by atoms with Gasteiger partial charge in [-0.2, -0.15) is 0 Å². The molecule has 1 heterocycles. The molecule has 1 aliphatic rings. The van der Waals surface area contributed by atoms with Crippen LogP contribution < -0.4 is 10.4 Å². The molecule has 1 saturated heterocycles. The molecule has 2 aromatic carbocycles. The maximum absolute atomic E-state index is 12.5. The van der Waals surface area contributed by atoms with E-state index in [4.69, 9.17) is 9.16 Å². The Balaban J connectivity index is 1.78. The van der Waals surface area contributed by atoms with Gasteiger partial charge in [0.2, 0.25) is 0 Å². The van der Waals surface area contributed by atoms with Crippen LogP contribution in [0.5, 0.6) is 0 Å². The van der Waals surface area contributed by atoms with Crippen molar-refractivity contribution in [1.82, 2.24) is 0 Å². The largest absolute Gasteiger partial charge is 0.460 e. The number of benzene rings is 2. The second-order valence-corrected chi connectivity index (χ2v) is 14.6. The van der Waals surface area contributed by atoms with Gasteiger partial charge >= 0.3 is 5.97 Å². The fourth-order valence-electron chi connectivity index (χ4n) is 4.60. The maximum Gasteiger partial charge on any atom is 0.309 e. The molecule has 0 N–H and O–H groups in total. The highest BCUT2D eigenvalue weighted by Crippen LogP contribution is 2.37. The summed E-state index contributed by atoms with van der Waals surface area (Å²) in [4.78, 5) is 12.5. The molecule has 0 aromatic heterocycles. The predicted molar refractivity (Wildman–Crippen MR) is 139 cm³/mol. The summed E-state index contributed by atoms with van der Waals surface area (Å²) in [6, 6.07) is 21.2. The Morgan fingerprint density at radius 3 is 2.09 bits per heavy atom. The van der Waals surface area contributed by atoms with Gasteiger partial charge in [0.1, 0.15) is 6.10 Å². The molecule has 176 valence electrons. The Hall–Kier alpha value is -2.43. The molecule has 0 saturated carbocycles. The van der Waals surface area contributed by atoms with Gasteiger partial charge in [0.15, 0.2) is 0 Å². The van der Waals surface area contributed by atoms with Crippen molar-refractivity contribution in [2.75, 3.05) is 6.61 Å². The van der Waals surface area contributed by atoms with Gasteiger partial charge in [-0.1, -0.05) is 120 Å². The summed E-state index contributed by atoms with van der Waals surface area (Å²) in [6.07, 6.45) is 9.49. The molecule has 2 aromatic rings. The molecule has 0 spiro atoms. The van der Waals surface area contributed by atoms with Gasteiger partial charge in [0.05, 0.1) is 12.5 Å². The van der Waals surface area contributed by atoms with E-state index in [2.05, 4.69) is 101 Å². The van der Waals surface area contributed by atoms with Crippen LogP contribution in [0.1, 0.15) is 47.5 Å². The van der Waals surface area contributed by atoms with Crippen molar-refractivity contribution >= 4 is 24.7 Å².